The van der Waals surface area contributed by atoms with Gasteiger partial charge in [-0.15, -0.1) is 0 Å². The van der Waals surface area contributed by atoms with E-state index in [4.69, 9.17) is 0 Å². The molecule has 22 aromatic rings. The third-order valence-corrected chi connectivity index (χ3v) is 21.2. The van der Waals surface area contributed by atoms with Crippen LogP contribution in [-0.2, 0) is 0 Å². The zero-order valence-electron chi connectivity index (χ0n) is 55.5. The lowest BCUT2D eigenvalue weighted by Crippen LogP contribution is -1.96. The minimum absolute atomic E-state index is 1.15. The lowest BCUT2D eigenvalue weighted by atomic mass is 10.0. The number of benzene rings is 16. The van der Waals surface area contributed by atoms with E-state index >= 15 is 0 Å². The van der Waals surface area contributed by atoms with Gasteiger partial charge in [-0.05, 0) is 186 Å². The Morgan fingerprint density at radius 3 is 0.608 bits per heavy atom. The molecular formula is C96H62N6. The van der Waals surface area contributed by atoms with Gasteiger partial charge < -0.3 is 27.4 Å². The van der Waals surface area contributed by atoms with Gasteiger partial charge in [-0.25, -0.2) is 0 Å². The molecule has 0 radical (unpaired) electrons. The first-order valence-electron chi connectivity index (χ1n) is 35.1. The van der Waals surface area contributed by atoms with Gasteiger partial charge >= 0.3 is 0 Å². The fourth-order valence-electron chi connectivity index (χ4n) is 16.8. The summed E-state index contributed by atoms with van der Waals surface area (Å²) in [5, 5.41) is 15.1. The Balaban J connectivity index is 0.000000133. The van der Waals surface area contributed by atoms with Crippen LogP contribution in [0.3, 0.4) is 0 Å². The summed E-state index contributed by atoms with van der Waals surface area (Å²) in [7, 11) is 0. The fourth-order valence-corrected chi connectivity index (χ4v) is 16.8. The van der Waals surface area contributed by atoms with E-state index in [0.29, 0.717) is 0 Å². The summed E-state index contributed by atoms with van der Waals surface area (Å²) in [5.41, 5.74) is 26.4. The lowest BCUT2D eigenvalue weighted by molar-refractivity contribution is 1.15. The van der Waals surface area contributed by atoms with Crippen molar-refractivity contribution in [3.05, 3.63) is 376 Å². The Morgan fingerprint density at radius 1 is 0.108 bits per heavy atom. The summed E-state index contributed by atoms with van der Waals surface area (Å²) in [6, 6.07) is 137. The van der Waals surface area contributed by atoms with Crippen LogP contribution >= 0.6 is 0 Å². The molecule has 6 aromatic heterocycles. The maximum atomic E-state index is 2.43. The van der Waals surface area contributed by atoms with Crippen molar-refractivity contribution in [2.24, 2.45) is 0 Å². The zero-order chi connectivity index (χ0) is 66.9. The quantitative estimate of drug-likeness (QED) is 0.145. The molecular weight excluding hydrogens is 1240 g/mol. The van der Waals surface area contributed by atoms with Gasteiger partial charge in [0.15, 0.2) is 0 Å². The molecule has 22 rings (SSSR count). The van der Waals surface area contributed by atoms with Crippen LogP contribution in [-0.4, -0.2) is 27.4 Å². The van der Waals surface area contributed by atoms with Crippen molar-refractivity contribution in [1.82, 2.24) is 27.4 Å². The Hall–Kier alpha value is -13.7. The van der Waals surface area contributed by atoms with E-state index in [9.17, 15) is 0 Å². The van der Waals surface area contributed by atoms with Gasteiger partial charge in [0.25, 0.3) is 0 Å². The molecule has 0 aliphatic rings. The van der Waals surface area contributed by atoms with Crippen molar-refractivity contribution in [1.29, 1.82) is 0 Å². The topological polar surface area (TPSA) is 29.6 Å². The molecule has 0 atom stereocenters. The molecule has 0 bridgehead atoms. The van der Waals surface area contributed by atoms with Gasteiger partial charge in [-0.2, -0.15) is 0 Å². The first-order valence-corrected chi connectivity index (χ1v) is 35.1. The van der Waals surface area contributed by atoms with Crippen molar-refractivity contribution in [3.63, 3.8) is 0 Å². The van der Waals surface area contributed by atoms with Crippen LogP contribution in [0.1, 0.15) is 0 Å². The van der Waals surface area contributed by atoms with E-state index in [1.165, 1.54) is 170 Å². The monoisotopic (exact) mass is 1300 g/mol. The van der Waals surface area contributed by atoms with Gasteiger partial charge in [0.1, 0.15) is 0 Å². The number of hydrogen-bond donors (Lipinski definition) is 0. The second kappa shape index (κ2) is 23.0. The molecule has 16 aromatic carbocycles. The number of fused-ring (bicyclic) bond motifs is 18. The summed E-state index contributed by atoms with van der Waals surface area (Å²) in [4.78, 5) is 0. The second-order valence-electron chi connectivity index (χ2n) is 26.8. The van der Waals surface area contributed by atoms with Crippen LogP contribution in [0.15, 0.2) is 376 Å². The van der Waals surface area contributed by atoms with Crippen LogP contribution in [0.2, 0.25) is 0 Å². The number of hydrogen-bond acceptors (Lipinski definition) is 0. The van der Waals surface area contributed by atoms with Crippen LogP contribution < -0.4 is 0 Å². The third-order valence-electron chi connectivity index (χ3n) is 21.2. The largest absolute Gasteiger partial charge is 0.309 e. The molecule has 102 heavy (non-hydrogen) atoms. The molecule has 0 aliphatic carbocycles. The van der Waals surface area contributed by atoms with Crippen molar-refractivity contribution >= 4 is 131 Å². The molecule has 6 heteroatoms. The number of nitrogens with zero attached hydrogens (tertiary/aromatic N) is 6. The average molecular weight is 1300 g/mol. The number of rotatable bonds is 8. The fraction of sp³-hybridized carbons (Fsp3) is 0. The van der Waals surface area contributed by atoms with Crippen LogP contribution in [0, 0.1) is 0 Å². The summed E-state index contributed by atoms with van der Waals surface area (Å²) in [6.07, 6.45) is 0. The molecule has 476 valence electrons. The Morgan fingerprint density at radius 2 is 0.304 bits per heavy atom. The van der Waals surface area contributed by atoms with E-state index in [-0.39, 0.29) is 0 Å². The molecule has 0 spiro atoms. The standard InChI is InChI=1S/2C48H31N3/c1-3-13-34(14-4-1)49-43-20-10-7-17-37(43)40-29-32(23-26-46(40)49)33-24-27-47-41(30-33)38-18-8-12-22-45(38)51(47)36-25-28-48-42(31-36)39-19-9-11-21-44(39)50(48)35-15-5-2-6-16-35;1-3-13-34(14-4-1)49-44-21-11-8-18-38(44)41-29-32(23-27-46(41)49)33-24-28-47-42(30-33)39-19-9-12-22-45(39)51(47)36-25-26-40-37-17-7-10-20-43(37)50(48(40)31-36)35-15-5-2-6-16-35/h2*1-31H. The van der Waals surface area contributed by atoms with Gasteiger partial charge in [0.2, 0.25) is 0 Å². The predicted molar refractivity (Wildman–Crippen MR) is 430 cm³/mol. The smallest absolute Gasteiger partial charge is 0.0561 e. The van der Waals surface area contributed by atoms with Gasteiger partial charge in [0, 0.05) is 98.8 Å². The minimum atomic E-state index is 1.15. The van der Waals surface area contributed by atoms with E-state index < -0.39 is 0 Å². The highest BCUT2D eigenvalue weighted by Crippen LogP contribution is 2.44. The van der Waals surface area contributed by atoms with Crippen LogP contribution in [0.4, 0.5) is 0 Å². The van der Waals surface area contributed by atoms with E-state index in [1.54, 1.807) is 0 Å². The zero-order valence-corrected chi connectivity index (χ0v) is 55.5. The second-order valence-corrected chi connectivity index (χ2v) is 26.8. The third kappa shape index (κ3) is 8.86. The molecule has 0 N–H and O–H groups in total. The van der Waals surface area contributed by atoms with Crippen molar-refractivity contribution in [3.8, 4) is 56.4 Å². The summed E-state index contributed by atoms with van der Waals surface area (Å²) in [6.45, 7) is 0. The predicted octanol–water partition coefficient (Wildman–Crippen LogP) is 25.3. The highest BCUT2D eigenvalue weighted by atomic mass is 15.0. The van der Waals surface area contributed by atoms with Crippen LogP contribution in [0.25, 0.3) is 187 Å². The maximum absolute atomic E-state index is 2.43. The first-order chi connectivity index (χ1) is 50.6. The molecule has 6 heterocycles. The molecule has 0 unspecified atom stereocenters. The Kier molecular flexibility index (Phi) is 12.9. The van der Waals surface area contributed by atoms with Crippen LogP contribution in [0.5, 0.6) is 0 Å². The van der Waals surface area contributed by atoms with Crippen molar-refractivity contribution in [2.75, 3.05) is 0 Å². The highest BCUT2D eigenvalue weighted by molar-refractivity contribution is 6.17. The van der Waals surface area contributed by atoms with E-state index in [1.807, 2.05) is 0 Å². The SMILES string of the molecule is c1ccc(-n2c3ccccc3c3cc(-c4ccc5c(c4)c4ccccc4n5-c4ccc5c(c4)c4ccccc4n5-c4ccccc4)ccc32)cc1.c1ccc(-n2c3ccccc3c3cc(-c4ccc5c(c4)c4ccccc4n5-c4ccc5c6ccccc6n(-c6ccccc6)c5c4)ccc32)cc1. The molecule has 6 nitrogen and oxygen atoms in total. The van der Waals surface area contributed by atoms with Crippen molar-refractivity contribution < 1.29 is 0 Å². The minimum Gasteiger partial charge on any atom is -0.309 e. The average Bonchev–Trinajstić information content (AvgIpc) is 1.59. The van der Waals surface area contributed by atoms with E-state index in [0.717, 1.165) is 17.1 Å². The summed E-state index contributed by atoms with van der Waals surface area (Å²) in [5.74, 6) is 0. The van der Waals surface area contributed by atoms with Crippen molar-refractivity contribution in [2.45, 2.75) is 0 Å². The Labute approximate surface area is 587 Å². The maximum Gasteiger partial charge on any atom is 0.0561 e. The highest BCUT2D eigenvalue weighted by Gasteiger charge is 2.22. The Bertz CT molecular complexity index is 7100. The molecule has 0 saturated carbocycles. The number of para-hydroxylation sites is 10. The van der Waals surface area contributed by atoms with Gasteiger partial charge in [0.05, 0.1) is 66.2 Å². The summed E-state index contributed by atoms with van der Waals surface area (Å²) < 4.78 is 14.4. The number of aromatic nitrogens is 6. The van der Waals surface area contributed by atoms with Gasteiger partial charge in [-0.3, -0.25) is 0 Å². The molecule has 0 aliphatic heterocycles. The molecule has 0 amide bonds. The first kappa shape index (κ1) is 57.4. The molecule has 0 fully saturated rings. The summed E-state index contributed by atoms with van der Waals surface area (Å²) >= 11 is 0. The normalized spacial score (nSPS) is 11.9. The lowest BCUT2D eigenvalue weighted by Gasteiger charge is -2.11. The molecule has 0 saturated heterocycles. The van der Waals surface area contributed by atoms with E-state index in [2.05, 4.69) is 404 Å². The van der Waals surface area contributed by atoms with Gasteiger partial charge in [-0.1, -0.05) is 212 Å².